The van der Waals surface area contributed by atoms with Crippen LogP contribution >= 0.6 is 0 Å². The van der Waals surface area contributed by atoms with Gasteiger partial charge < -0.3 is 0 Å². The van der Waals surface area contributed by atoms with E-state index in [0.717, 1.165) is 6.42 Å². The van der Waals surface area contributed by atoms with Gasteiger partial charge in [0.25, 0.3) is 0 Å². The maximum Gasteiger partial charge on any atom is 0.242 e. The molecule has 0 nitrogen and oxygen atoms in total. The molecule has 0 radical (unpaired) electrons. The monoisotopic (exact) mass is 230 g/mol. The molecule has 0 heterocycles. The maximum absolute atomic E-state index is 11.9. The number of aryl methyl sites for hydroxylation is 1. The Hall–Kier alpha value is -0.920. The lowest BCUT2D eigenvalue weighted by molar-refractivity contribution is 0.149. The smallest absolute Gasteiger partial charge is 0.210 e. The molecule has 1 rings (SSSR count). The quantitative estimate of drug-likeness (QED) is 0.677. The van der Waals surface area contributed by atoms with E-state index in [2.05, 4.69) is 0 Å². The van der Waals surface area contributed by atoms with Crippen LogP contribution in [0.1, 0.15) is 45.7 Å². The molecule has 0 aliphatic carbocycles. The van der Waals surface area contributed by atoms with Crippen LogP contribution in [-0.2, 0) is 12.8 Å². The Labute approximate surface area is 98.7 Å². The molecule has 0 amide bonds. The average Bonchev–Trinajstić information content (AvgIpc) is 2.34. The lowest BCUT2D eigenvalue weighted by Gasteiger charge is -2.01. The highest BCUT2D eigenvalue weighted by Gasteiger charge is 2.03. The van der Waals surface area contributed by atoms with Crippen LogP contribution < -0.4 is 0 Å². The standard InChI is InChI=1S/C10H12F2.2C2H6/c1-2-8-3-5-9(6-4-8)7-10(11)12;2*1-2/h3-6,10H,2,7H2,1H3;2*1-2H3. The summed E-state index contributed by atoms with van der Waals surface area (Å²) in [6.45, 7) is 10.0. The van der Waals surface area contributed by atoms with Gasteiger partial charge >= 0.3 is 0 Å². The van der Waals surface area contributed by atoms with Crippen LogP contribution in [0.5, 0.6) is 0 Å². The van der Waals surface area contributed by atoms with Crippen LogP contribution in [0.25, 0.3) is 0 Å². The summed E-state index contributed by atoms with van der Waals surface area (Å²) in [4.78, 5) is 0. The molecule has 1 aromatic rings. The molecule has 16 heavy (non-hydrogen) atoms. The highest BCUT2D eigenvalue weighted by atomic mass is 19.3. The third-order valence-corrected chi connectivity index (χ3v) is 1.82. The number of rotatable bonds is 3. The summed E-state index contributed by atoms with van der Waals surface area (Å²) in [5.41, 5.74) is 1.90. The molecule has 0 saturated heterocycles. The zero-order valence-corrected chi connectivity index (χ0v) is 11.1. The predicted molar refractivity (Wildman–Crippen MR) is 68.2 cm³/mol. The van der Waals surface area contributed by atoms with Crippen molar-refractivity contribution in [1.29, 1.82) is 0 Å². The SMILES string of the molecule is CC.CC.CCc1ccc(CC(F)F)cc1. The molecule has 0 fully saturated rings. The molecule has 0 unspecified atom stereocenters. The summed E-state index contributed by atoms with van der Waals surface area (Å²) < 4.78 is 23.8. The van der Waals surface area contributed by atoms with Crippen LogP contribution in [-0.4, -0.2) is 6.43 Å². The number of alkyl halides is 2. The van der Waals surface area contributed by atoms with Gasteiger partial charge in [-0.3, -0.25) is 0 Å². The topological polar surface area (TPSA) is 0 Å². The first-order valence-corrected chi connectivity index (χ1v) is 6.08. The van der Waals surface area contributed by atoms with Gasteiger partial charge in [0.15, 0.2) is 0 Å². The molecule has 0 aromatic heterocycles. The fourth-order valence-electron chi connectivity index (χ4n) is 1.09. The van der Waals surface area contributed by atoms with E-state index >= 15 is 0 Å². The van der Waals surface area contributed by atoms with E-state index in [1.54, 1.807) is 12.1 Å². The van der Waals surface area contributed by atoms with E-state index in [1.165, 1.54) is 5.56 Å². The molecular formula is C14H24F2. The molecule has 0 N–H and O–H groups in total. The van der Waals surface area contributed by atoms with E-state index in [-0.39, 0.29) is 6.42 Å². The molecule has 0 spiro atoms. The zero-order chi connectivity index (χ0) is 13.0. The summed E-state index contributed by atoms with van der Waals surface area (Å²) in [5.74, 6) is 0. The zero-order valence-electron chi connectivity index (χ0n) is 11.1. The molecule has 0 bridgehead atoms. The third-order valence-electron chi connectivity index (χ3n) is 1.82. The van der Waals surface area contributed by atoms with Crippen LogP contribution in [0.15, 0.2) is 24.3 Å². The van der Waals surface area contributed by atoms with Crippen molar-refractivity contribution in [3.8, 4) is 0 Å². The minimum atomic E-state index is -2.24. The minimum absolute atomic E-state index is 0.135. The van der Waals surface area contributed by atoms with E-state index in [9.17, 15) is 8.78 Å². The molecule has 1 aromatic carbocycles. The molecule has 0 aliphatic heterocycles. The van der Waals surface area contributed by atoms with E-state index < -0.39 is 6.43 Å². The first kappa shape index (κ1) is 17.5. The normalized spacial score (nSPS) is 8.75. The Balaban J connectivity index is 0. The second-order valence-electron chi connectivity index (χ2n) is 2.77. The number of benzene rings is 1. The molecular weight excluding hydrogens is 206 g/mol. The Morgan fingerprint density at radius 2 is 1.25 bits per heavy atom. The summed E-state index contributed by atoms with van der Waals surface area (Å²) >= 11 is 0. The van der Waals surface area contributed by atoms with E-state index in [4.69, 9.17) is 0 Å². The molecule has 0 aliphatic rings. The van der Waals surface area contributed by atoms with Crippen LogP contribution in [0.2, 0.25) is 0 Å². The Bertz CT molecular complexity index is 227. The van der Waals surface area contributed by atoms with E-state index in [1.807, 2.05) is 46.8 Å². The van der Waals surface area contributed by atoms with Gasteiger partial charge in [0, 0.05) is 6.42 Å². The van der Waals surface area contributed by atoms with Crippen molar-refractivity contribution in [2.45, 2.75) is 53.9 Å². The van der Waals surface area contributed by atoms with Gasteiger partial charge in [0.2, 0.25) is 6.43 Å². The van der Waals surface area contributed by atoms with Crippen LogP contribution in [0.4, 0.5) is 8.78 Å². The van der Waals surface area contributed by atoms with Crippen molar-refractivity contribution < 1.29 is 8.78 Å². The van der Waals surface area contributed by atoms with Gasteiger partial charge in [-0.2, -0.15) is 0 Å². The molecule has 0 saturated carbocycles. The first-order valence-electron chi connectivity index (χ1n) is 6.08. The van der Waals surface area contributed by atoms with Crippen molar-refractivity contribution in [1.82, 2.24) is 0 Å². The highest BCUT2D eigenvalue weighted by molar-refractivity contribution is 5.22. The lowest BCUT2D eigenvalue weighted by atomic mass is 10.1. The van der Waals surface area contributed by atoms with Crippen LogP contribution in [0.3, 0.4) is 0 Å². The molecule has 94 valence electrons. The highest BCUT2D eigenvalue weighted by Crippen LogP contribution is 2.09. The number of hydrogen-bond donors (Lipinski definition) is 0. The minimum Gasteiger partial charge on any atom is -0.210 e. The van der Waals surface area contributed by atoms with Crippen LogP contribution in [0, 0.1) is 0 Å². The number of halogens is 2. The lowest BCUT2D eigenvalue weighted by Crippen LogP contribution is -1.96. The van der Waals surface area contributed by atoms with Gasteiger partial charge in [0.1, 0.15) is 0 Å². The average molecular weight is 230 g/mol. The van der Waals surface area contributed by atoms with Gasteiger partial charge in [-0.05, 0) is 17.5 Å². The molecule has 2 heteroatoms. The fourth-order valence-corrected chi connectivity index (χ4v) is 1.09. The Morgan fingerprint density at radius 3 is 1.56 bits per heavy atom. The summed E-state index contributed by atoms with van der Waals surface area (Å²) in [6, 6.07) is 7.34. The van der Waals surface area contributed by atoms with E-state index in [0.29, 0.717) is 5.56 Å². The second kappa shape index (κ2) is 12.2. The largest absolute Gasteiger partial charge is 0.242 e. The molecule has 0 atom stereocenters. The van der Waals surface area contributed by atoms with Crippen molar-refractivity contribution in [2.24, 2.45) is 0 Å². The summed E-state index contributed by atoms with van der Waals surface area (Å²) in [6.07, 6.45) is -1.42. The van der Waals surface area contributed by atoms with Crippen molar-refractivity contribution in [2.75, 3.05) is 0 Å². The maximum atomic E-state index is 11.9. The van der Waals surface area contributed by atoms with Gasteiger partial charge in [-0.1, -0.05) is 58.9 Å². The Kier molecular flexibility index (Phi) is 13.3. The van der Waals surface area contributed by atoms with Crippen molar-refractivity contribution in [3.05, 3.63) is 35.4 Å². The third kappa shape index (κ3) is 8.39. The van der Waals surface area contributed by atoms with Gasteiger partial charge in [0.05, 0.1) is 0 Å². The van der Waals surface area contributed by atoms with Gasteiger partial charge in [-0.25, -0.2) is 8.78 Å². The van der Waals surface area contributed by atoms with Crippen molar-refractivity contribution >= 4 is 0 Å². The second-order valence-corrected chi connectivity index (χ2v) is 2.77. The first-order chi connectivity index (χ1) is 7.72. The number of hydrogen-bond acceptors (Lipinski definition) is 0. The predicted octanol–water partition coefficient (Wildman–Crippen LogP) is 5.11. The van der Waals surface area contributed by atoms with Crippen molar-refractivity contribution in [3.63, 3.8) is 0 Å². The fraction of sp³-hybridized carbons (Fsp3) is 0.571. The summed E-state index contributed by atoms with van der Waals surface area (Å²) in [5, 5.41) is 0. The summed E-state index contributed by atoms with van der Waals surface area (Å²) in [7, 11) is 0. The van der Waals surface area contributed by atoms with Gasteiger partial charge in [-0.15, -0.1) is 0 Å². The Morgan fingerprint density at radius 1 is 0.875 bits per heavy atom.